The Bertz CT molecular complexity index is 923. The fourth-order valence-corrected chi connectivity index (χ4v) is 5.44. The van der Waals surface area contributed by atoms with Crippen molar-refractivity contribution in [2.75, 3.05) is 13.1 Å². The Hall–Kier alpha value is -2.66. The van der Waals surface area contributed by atoms with Gasteiger partial charge < -0.3 is 10.6 Å². The number of carbonyl (C=O) groups is 2. The van der Waals surface area contributed by atoms with Crippen LogP contribution in [0.3, 0.4) is 0 Å². The van der Waals surface area contributed by atoms with Crippen LogP contribution in [-0.4, -0.2) is 41.4 Å². The number of aryl methyl sites for hydroxylation is 2. The maximum absolute atomic E-state index is 13.6. The molecule has 3 rings (SSSR count). The number of nitrogens with one attached hydrogen (secondary N) is 2. The number of hydrogen-bond donors (Lipinski definition) is 2. The summed E-state index contributed by atoms with van der Waals surface area (Å²) < 4.78 is 0. The molecule has 0 aliphatic carbocycles. The number of likely N-dealkylation sites (tertiary alicyclic amines) is 1. The molecule has 1 heterocycles. The van der Waals surface area contributed by atoms with Crippen LogP contribution in [-0.2, 0) is 4.79 Å². The fraction of sp³-hybridized carbons (Fsp3) is 0.481. The van der Waals surface area contributed by atoms with Gasteiger partial charge in [0.25, 0.3) is 5.91 Å². The van der Waals surface area contributed by atoms with Gasteiger partial charge in [-0.05, 0) is 56.7 Å². The lowest BCUT2D eigenvalue weighted by atomic mass is 9.80. The first-order valence-corrected chi connectivity index (χ1v) is 11.7. The maximum atomic E-state index is 13.6. The Labute approximate surface area is 192 Å². The number of rotatable bonds is 8. The van der Waals surface area contributed by atoms with Gasteiger partial charge in [-0.15, -0.1) is 0 Å². The molecule has 1 saturated heterocycles. The summed E-state index contributed by atoms with van der Waals surface area (Å²) in [6.45, 7) is 11.4. The van der Waals surface area contributed by atoms with E-state index in [2.05, 4.69) is 41.5 Å². The van der Waals surface area contributed by atoms with E-state index in [0.717, 1.165) is 48.1 Å². The third-order valence-corrected chi connectivity index (χ3v) is 7.09. The molecule has 0 spiro atoms. The van der Waals surface area contributed by atoms with Crippen LogP contribution in [0.25, 0.3) is 0 Å². The summed E-state index contributed by atoms with van der Waals surface area (Å²) in [6, 6.07) is 16.5. The molecule has 1 aliphatic rings. The van der Waals surface area contributed by atoms with Crippen LogP contribution in [0, 0.1) is 13.8 Å². The second kappa shape index (κ2) is 10.3. The van der Waals surface area contributed by atoms with Gasteiger partial charge in [-0.3, -0.25) is 14.5 Å². The minimum absolute atomic E-state index is 0.0121. The Morgan fingerprint density at radius 2 is 1.75 bits per heavy atom. The zero-order valence-electron chi connectivity index (χ0n) is 20.1. The molecule has 0 bridgehead atoms. The van der Waals surface area contributed by atoms with Gasteiger partial charge in [0.1, 0.15) is 0 Å². The maximum Gasteiger partial charge on any atom is 0.252 e. The normalized spacial score (nSPS) is 21.8. The number of hydrogen-bond acceptors (Lipinski definition) is 3. The lowest BCUT2D eigenvalue weighted by Crippen LogP contribution is -2.57. The molecule has 2 N–H and O–H groups in total. The van der Waals surface area contributed by atoms with Gasteiger partial charge >= 0.3 is 0 Å². The highest BCUT2D eigenvalue weighted by atomic mass is 16.2. The lowest BCUT2D eigenvalue weighted by molar-refractivity contribution is -0.119. The SMILES string of the molecule is CCC1([C@H](NC(=O)c2c(C)cccc2C)c2ccccc2)CCC(C)N1CCNC(C)=O. The van der Waals surface area contributed by atoms with Crippen LogP contribution in [0.1, 0.15) is 73.1 Å². The highest BCUT2D eigenvalue weighted by Crippen LogP contribution is 2.45. The molecule has 172 valence electrons. The zero-order valence-corrected chi connectivity index (χ0v) is 20.1. The fourth-order valence-electron chi connectivity index (χ4n) is 5.44. The zero-order chi connectivity index (χ0) is 23.3. The molecular weight excluding hydrogens is 398 g/mol. The number of carbonyl (C=O) groups excluding carboxylic acids is 2. The van der Waals surface area contributed by atoms with Gasteiger partial charge in [0, 0.05) is 37.2 Å². The van der Waals surface area contributed by atoms with Gasteiger partial charge in [-0.25, -0.2) is 0 Å². The van der Waals surface area contributed by atoms with E-state index in [9.17, 15) is 9.59 Å². The third kappa shape index (κ3) is 4.88. The molecule has 2 unspecified atom stereocenters. The van der Waals surface area contributed by atoms with Crippen molar-refractivity contribution in [3.8, 4) is 0 Å². The second-order valence-corrected chi connectivity index (χ2v) is 9.11. The topological polar surface area (TPSA) is 61.4 Å². The minimum atomic E-state index is -0.217. The van der Waals surface area contributed by atoms with Crippen LogP contribution < -0.4 is 10.6 Å². The molecule has 3 atom stereocenters. The molecule has 0 aromatic heterocycles. The summed E-state index contributed by atoms with van der Waals surface area (Å²) >= 11 is 0. The van der Waals surface area contributed by atoms with E-state index in [0.29, 0.717) is 12.6 Å². The van der Waals surface area contributed by atoms with Crippen LogP contribution in [0.2, 0.25) is 0 Å². The monoisotopic (exact) mass is 435 g/mol. The van der Waals surface area contributed by atoms with Crippen LogP contribution in [0.15, 0.2) is 48.5 Å². The van der Waals surface area contributed by atoms with Gasteiger partial charge in [-0.1, -0.05) is 55.5 Å². The molecule has 5 heteroatoms. The first kappa shape index (κ1) is 24.0. The van der Waals surface area contributed by atoms with Crippen molar-refractivity contribution in [3.63, 3.8) is 0 Å². The molecule has 32 heavy (non-hydrogen) atoms. The number of nitrogens with zero attached hydrogens (tertiary/aromatic N) is 1. The van der Waals surface area contributed by atoms with E-state index in [1.54, 1.807) is 6.92 Å². The van der Waals surface area contributed by atoms with E-state index < -0.39 is 0 Å². The van der Waals surface area contributed by atoms with Gasteiger partial charge in [0.05, 0.1) is 6.04 Å². The summed E-state index contributed by atoms with van der Waals surface area (Å²) in [7, 11) is 0. The average molecular weight is 436 g/mol. The summed E-state index contributed by atoms with van der Waals surface area (Å²) in [6.07, 6.45) is 2.97. The van der Waals surface area contributed by atoms with Crippen molar-refractivity contribution in [2.45, 2.75) is 71.5 Å². The smallest absolute Gasteiger partial charge is 0.252 e. The molecule has 1 fully saturated rings. The van der Waals surface area contributed by atoms with E-state index in [1.807, 2.05) is 50.2 Å². The predicted octanol–water partition coefficient (Wildman–Crippen LogP) is 4.54. The molecule has 0 saturated carbocycles. The largest absolute Gasteiger partial charge is 0.355 e. The first-order valence-electron chi connectivity index (χ1n) is 11.7. The van der Waals surface area contributed by atoms with E-state index >= 15 is 0 Å². The van der Waals surface area contributed by atoms with Crippen molar-refractivity contribution >= 4 is 11.8 Å². The lowest BCUT2D eigenvalue weighted by Gasteiger charge is -2.46. The van der Waals surface area contributed by atoms with Crippen molar-refractivity contribution in [1.82, 2.24) is 15.5 Å². The highest BCUT2D eigenvalue weighted by molar-refractivity contribution is 5.97. The van der Waals surface area contributed by atoms with E-state index in [1.165, 1.54) is 0 Å². The molecule has 2 amide bonds. The Balaban J connectivity index is 2.00. The Morgan fingerprint density at radius 1 is 1.09 bits per heavy atom. The van der Waals surface area contributed by atoms with Crippen LogP contribution in [0.5, 0.6) is 0 Å². The van der Waals surface area contributed by atoms with E-state index in [-0.39, 0.29) is 23.4 Å². The second-order valence-electron chi connectivity index (χ2n) is 9.11. The molecule has 2 aromatic carbocycles. The summed E-state index contributed by atoms with van der Waals surface area (Å²) in [4.78, 5) is 27.6. The Morgan fingerprint density at radius 3 is 2.34 bits per heavy atom. The molecule has 2 aromatic rings. The van der Waals surface area contributed by atoms with Gasteiger partial charge in [-0.2, -0.15) is 0 Å². The average Bonchev–Trinajstić information content (AvgIpc) is 3.09. The van der Waals surface area contributed by atoms with Crippen LogP contribution in [0.4, 0.5) is 0 Å². The van der Waals surface area contributed by atoms with Gasteiger partial charge in [0.2, 0.25) is 5.91 Å². The number of benzene rings is 2. The van der Waals surface area contributed by atoms with Crippen molar-refractivity contribution in [1.29, 1.82) is 0 Å². The molecule has 1 aliphatic heterocycles. The van der Waals surface area contributed by atoms with Crippen LogP contribution >= 0.6 is 0 Å². The molecule has 5 nitrogen and oxygen atoms in total. The van der Waals surface area contributed by atoms with Crippen molar-refractivity contribution in [3.05, 3.63) is 70.8 Å². The van der Waals surface area contributed by atoms with Gasteiger partial charge in [0.15, 0.2) is 0 Å². The standard InChI is InChI=1S/C27H37N3O2/c1-6-27(16-15-21(4)30(27)18-17-28-22(5)31)25(23-13-8-7-9-14-23)29-26(32)24-19(2)11-10-12-20(24)3/h7-14,21,25H,6,15-18H2,1-5H3,(H,28,31)(H,29,32)/t21?,25-,27?/m1/s1. The predicted molar refractivity (Wildman–Crippen MR) is 130 cm³/mol. The summed E-state index contributed by atoms with van der Waals surface area (Å²) in [5, 5.41) is 6.39. The highest BCUT2D eigenvalue weighted by Gasteiger charge is 2.49. The first-order chi connectivity index (χ1) is 15.3. The summed E-state index contributed by atoms with van der Waals surface area (Å²) in [5.41, 5.74) is 3.64. The minimum Gasteiger partial charge on any atom is -0.355 e. The molecular formula is C27H37N3O2. The quantitative estimate of drug-likeness (QED) is 0.640. The Kier molecular flexibility index (Phi) is 7.73. The third-order valence-electron chi connectivity index (χ3n) is 7.09. The number of amides is 2. The summed E-state index contributed by atoms with van der Waals surface area (Å²) in [5.74, 6) is -0.0365. The molecule has 0 radical (unpaired) electrons. The van der Waals surface area contributed by atoms with E-state index in [4.69, 9.17) is 0 Å². The van der Waals surface area contributed by atoms with Crippen molar-refractivity contribution < 1.29 is 9.59 Å². The van der Waals surface area contributed by atoms with Crippen molar-refractivity contribution in [2.24, 2.45) is 0 Å².